The molecule has 0 aromatic carbocycles. The lowest BCUT2D eigenvalue weighted by molar-refractivity contribution is 0.0837. The molecule has 0 amide bonds. The summed E-state index contributed by atoms with van der Waals surface area (Å²) in [5.74, 6) is 2.87. The van der Waals surface area contributed by atoms with Gasteiger partial charge >= 0.3 is 0 Å². The molecule has 2 rings (SSSR count). The second-order valence-corrected chi connectivity index (χ2v) is 6.76. The summed E-state index contributed by atoms with van der Waals surface area (Å²) in [6.07, 6.45) is 13.1. The van der Waals surface area contributed by atoms with Crippen LogP contribution in [0.2, 0.25) is 0 Å². The Morgan fingerprint density at radius 2 is 1.95 bits per heavy atom. The van der Waals surface area contributed by atoms with Gasteiger partial charge < -0.3 is 10.1 Å². The maximum Gasteiger partial charge on any atom is 0.0576 e. The van der Waals surface area contributed by atoms with Crippen molar-refractivity contribution in [3.8, 4) is 0 Å². The minimum absolute atomic E-state index is 0.585. The summed E-state index contributed by atoms with van der Waals surface area (Å²) >= 11 is 0. The van der Waals surface area contributed by atoms with Crippen molar-refractivity contribution >= 4 is 0 Å². The first-order valence-corrected chi connectivity index (χ1v) is 8.59. The summed E-state index contributed by atoms with van der Waals surface area (Å²) in [5.41, 5.74) is 0. The molecule has 0 aromatic heterocycles. The van der Waals surface area contributed by atoms with Gasteiger partial charge in [0.1, 0.15) is 0 Å². The van der Waals surface area contributed by atoms with Gasteiger partial charge in [-0.3, -0.25) is 0 Å². The van der Waals surface area contributed by atoms with E-state index in [2.05, 4.69) is 19.3 Å². The highest BCUT2D eigenvalue weighted by Crippen LogP contribution is 2.39. The van der Waals surface area contributed by atoms with Crippen LogP contribution in [0.1, 0.15) is 64.7 Å². The zero-order chi connectivity index (χ0) is 13.5. The second kappa shape index (κ2) is 8.26. The molecule has 4 unspecified atom stereocenters. The quantitative estimate of drug-likeness (QED) is 0.753. The highest BCUT2D eigenvalue weighted by atomic mass is 16.5. The minimum atomic E-state index is 0.585. The number of hydrogen-bond acceptors (Lipinski definition) is 2. The Morgan fingerprint density at radius 3 is 2.63 bits per heavy atom. The smallest absolute Gasteiger partial charge is 0.0576 e. The van der Waals surface area contributed by atoms with Gasteiger partial charge in [0.15, 0.2) is 0 Å². The van der Waals surface area contributed by atoms with Crippen molar-refractivity contribution in [2.24, 2.45) is 17.8 Å². The molecule has 1 N–H and O–H groups in total. The van der Waals surface area contributed by atoms with Crippen molar-refractivity contribution in [2.45, 2.75) is 70.8 Å². The summed E-state index contributed by atoms with van der Waals surface area (Å²) in [5, 5.41) is 3.41. The number of rotatable bonds is 7. The summed E-state index contributed by atoms with van der Waals surface area (Å²) in [6, 6.07) is 0. The Labute approximate surface area is 119 Å². The van der Waals surface area contributed by atoms with Gasteiger partial charge in [0.2, 0.25) is 0 Å². The minimum Gasteiger partial charge on any atom is -0.378 e. The topological polar surface area (TPSA) is 21.3 Å². The predicted octanol–water partition coefficient (Wildman–Crippen LogP) is 4.00. The average Bonchev–Trinajstić information content (AvgIpc) is 2.92. The fourth-order valence-electron chi connectivity index (χ4n) is 4.25. The highest BCUT2D eigenvalue weighted by molar-refractivity contribution is 4.82. The summed E-state index contributed by atoms with van der Waals surface area (Å²) in [6.45, 7) is 4.56. The average molecular weight is 267 g/mol. The van der Waals surface area contributed by atoms with Crippen LogP contribution in [0.15, 0.2) is 0 Å². The van der Waals surface area contributed by atoms with Crippen LogP contribution < -0.4 is 5.32 Å². The van der Waals surface area contributed by atoms with Gasteiger partial charge in [-0.25, -0.2) is 0 Å². The molecule has 0 radical (unpaired) electrons. The maximum absolute atomic E-state index is 5.80. The van der Waals surface area contributed by atoms with Crippen LogP contribution in [0.4, 0.5) is 0 Å². The molecule has 0 bridgehead atoms. The van der Waals surface area contributed by atoms with Crippen LogP contribution in [-0.4, -0.2) is 26.3 Å². The molecule has 112 valence electrons. The third-order valence-corrected chi connectivity index (χ3v) is 5.30. The highest BCUT2D eigenvalue weighted by Gasteiger charge is 2.30. The molecule has 1 saturated heterocycles. The van der Waals surface area contributed by atoms with Crippen LogP contribution >= 0.6 is 0 Å². The molecular weight excluding hydrogens is 234 g/mol. The molecule has 2 fully saturated rings. The van der Waals surface area contributed by atoms with E-state index >= 15 is 0 Å². The largest absolute Gasteiger partial charge is 0.378 e. The van der Waals surface area contributed by atoms with Crippen molar-refractivity contribution in [1.29, 1.82) is 0 Å². The molecule has 0 spiro atoms. The van der Waals surface area contributed by atoms with Crippen LogP contribution in [-0.2, 0) is 4.74 Å². The van der Waals surface area contributed by atoms with Crippen LogP contribution in [0.3, 0.4) is 0 Å². The number of hydrogen-bond donors (Lipinski definition) is 1. The van der Waals surface area contributed by atoms with Crippen LogP contribution in [0.5, 0.6) is 0 Å². The van der Waals surface area contributed by atoms with E-state index in [1.54, 1.807) is 0 Å². The second-order valence-electron chi connectivity index (χ2n) is 6.76. The van der Waals surface area contributed by atoms with Crippen molar-refractivity contribution in [2.75, 3.05) is 20.2 Å². The molecule has 4 atom stereocenters. The molecule has 0 aromatic rings. The van der Waals surface area contributed by atoms with E-state index in [0.717, 1.165) is 24.4 Å². The van der Waals surface area contributed by atoms with Gasteiger partial charge in [-0.05, 0) is 69.9 Å². The first-order valence-electron chi connectivity index (χ1n) is 8.59. The van der Waals surface area contributed by atoms with E-state index in [1.807, 2.05) is 0 Å². The van der Waals surface area contributed by atoms with E-state index in [4.69, 9.17) is 4.74 Å². The van der Waals surface area contributed by atoms with Crippen molar-refractivity contribution in [3.05, 3.63) is 0 Å². The van der Waals surface area contributed by atoms with Gasteiger partial charge in [-0.1, -0.05) is 26.2 Å². The van der Waals surface area contributed by atoms with Gasteiger partial charge in [-0.2, -0.15) is 0 Å². The number of nitrogens with one attached hydrogen (secondary N) is 1. The van der Waals surface area contributed by atoms with E-state index in [-0.39, 0.29) is 0 Å². The molecule has 2 aliphatic rings. The Morgan fingerprint density at radius 1 is 1.05 bits per heavy atom. The fraction of sp³-hybridized carbons (Fsp3) is 1.00. The predicted molar refractivity (Wildman–Crippen MR) is 81.4 cm³/mol. The lowest BCUT2D eigenvalue weighted by Crippen LogP contribution is -2.32. The molecular formula is C17H33NO. The lowest BCUT2D eigenvalue weighted by Gasteiger charge is -2.37. The van der Waals surface area contributed by atoms with E-state index in [0.29, 0.717) is 6.10 Å². The van der Waals surface area contributed by atoms with E-state index < -0.39 is 0 Å². The van der Waals surface area contributed by atoms with Gasteiger partial charge in [0.25, 0.3) is 0 Å². The van der Waals surface area contributed by atoms with Crippen LogP contribution in [0, 0.1) is 17.8 Å². The molecule has 19 heavy (non-hydrogen) atoms. The Hall–Kier alpha value is -0.0800. The Balaban J connectivity index is 1.79. The Kier molecular flexibility index (Phi) is 6.66. The van der Waals surface area contributed by atoms with Crippen molar-refractivity contribution < 1.29 is 4.74 Å². The lowest BCUT2D eigenvalue weighted by atomic mass is 9.71. The van der Waals surface area contributed by atoms with E-state index in [1.165, 1.54) is 64.3 Å². The zero-order valence-electron chi connectivity index (χ0n) is 13.0. The molecule has 1 aliphatic carbocycles. The zero-order valence-corrected chi connectivity index (χ0v) is 13.0. The van der Waals surface area contributed by atoms with Crippen LogP contribution in [0.25, 0.3) is 0 Å². The first kappa shape index (κ1) is 15.3. The summed E-state index contributed by atoms with van der Waals surface area (Å²) < 4.78 is 5.80. The molecule has 2 nitrogen and oxygen atoms in total. The third-order valence-electron chi connectivity index (χ3n) is 5.30. The Bertz CT molecular complexity index is 237. The van der Waals surface area contributed by atoms with Crippen molar-refractivity contribution in [3.63, 3.8) is 0 Å². The normalized spacial score (nSPS) is 35.7. The van der Waals surface area contributed by atoms with Crippen molar-refractivity contribution in [1.82, 2.24) is 5.32 Å². The standard InChI is InChI=1S/C17H33NO/c1-3-5-14-7-8-16(13-18-2)15(12-14)9-10-17-6-4-11-19-17/h14-18H,3-13H2,1-2H3. The van der Waals surface area contributed by atoms with Gasteiger partial charge in [-0.15, -0.1) is 0 Å². The molecule has 1 aliphatic heterocycles. The number of ether oxygens (including phenoxy) is 1. The van der Waals surface area contributed by atoms with Gasteiger partial charge in [0, 0.05) is 6.61 Å². The maximum atomic E-state index is 5.80. The van der Waals surface area contributed by atoms with E-state index in [9.17, 15) is 0 Å². The van der Waals surface area contributed by atoms with Gasteiger partial charge in [0.05, 0.1) is 6.10 Å². The fourth-order valence-corrected chi connectivity index (χ4v) is 4.25. The summed E-state index contributed by atoms with van der Waals surface area (Å²) in [7, 11) is 2.11. The molecule has 2 heteroatoms. The first-order chi connectivity index (χ1) is 9.33. The SMILES string of the molecule is CCCC1CCC(CNC)C(CCC2CCCO2)C1. The molecule has 1 saturated carbocycles. The summed E-state index contributed by atoms with van der Waals surface area (Å²) in [4.78, 5) is 0. The molecule has 1 heterocycles. The third kappa shape index (κ3) is 4.75. The monoisotopic (exact) mass is 267 g/mol.